The van der Waals surface area contributed by atoms with E-state index in [0.29, 0.717) is 23.5 Å². The number of hydrogen-bond acceptors (Lipinski definition) is 5. The van der Waals surface area contributed by atoms with Gasteiger partial charge in [-0.2, -0.15) is 5.10 Å². The Kier molecular flexibility index (Phi) is 4.62. The first-order valence-corrected chi connectivity index (χ1v) is 9.05. The quantitative estimate of drug-likeness (QED) is 0.675. The molecule has 3 aromatic rings. The maximum absolute atomic E-state index is 13.3. The number of nitrogens with zero attached hydrogens (tertiary/aromatic N) is 3. The van der Waals surface area contributed by atoms with E-state index in [1.165, 1.54) is 23.2 Å². The molecule has 1 amide bonds. The minimum atomic E-state index is -3.72. The number of nitrogens with one attached hydrogen (secondary N) is 1. The lowest BCUT2D eigenvalue weighted by molar-refractivity contribution is -0.286. The molecule has 0 saturated heterocycles. The first kappa shape index (κ1) is 19.1. The topological polar surface area (TPSA) is 80.3 Å². The van der Waals surface area contributed by atoms with Crippen LogP contribution < -0.4 is 14.4 Å². The number of amides is 1. The number of hydrogen-bond donors (Lipinski definition) is 1. The highest BCUT2D eigenvalue weighted by atomic mass is 35.5. The van der Waals surface area contributed by atoms with Crippen molar-refractivity contribution in [2.24, 2.45) is 0 Å². The van der Waals surface area contributed by atoms with E-state index in [1.54, 1.807) is 25.1 Å². The second kappa shape index (κ2) is 7.00. The molecule has 1 aliphatic heterocycles. The number of anilines is 1. The molecule has 1 aliphatic rings. The number of rotatable bonds is 4. The van der Waals surface area contributed by atoms with E-state index in [9.17, 15) is 13.6 Å². The maximum Gasteiger partial charge on any atom is 0.586 e. The molecule has 2 aromatic heterocycles. The second-order valence-electron chi connectivity index (χ2n) is 6.34. The van der Waals surface area contributed by atoms with Crippen molar-refractivity contribution in [3.05, 3.63) is 52.9 Å². The SMILES string of the molecule is CCN(C(=O)c1cc(C)[nH]n1)c1ccc(-c2cc3c(cc2Cl)OC(F)(F)O3)cn1. The lowest BCUT2D eigenvalue weighted by Gasteiger charge is -2.19. The van der Waals surface area contributed by atoms with Crippen LogP contribution in [0.25, 0.3) is 11.1 Å². The number of fused-ring (bicyclic) bond motifs is 1. The van der Waals surface area contributed by atoms with Gasteiger partial charge in [-0.25, -0.2) is 4.98 Å². The van der Waals surface area contributed by atoms with Crippen molar-refractivity contribution >= 4 is 23.3 Å². The van der Waals surface area contributed by atoms with E-state index in [2.05, 4.69) is 24.7 Å². The number of aryl methyl sites for hydroxylation is 1. The average Bonchev–Trinajstić information content (AvgIpc) is 3.23. The monoisotopic (exact) mass is 420 g/mol. The molecule has 0 bridgehead atoms. The summed E-state index contributed by atoms with van der Waals surface area (Å²) in [6.45, 7) is 4.01. The molecule has 1 N–H and O–H groups in total. The molecule has 0 aliphatic carbocycles. The van der Waals surface area contributed by atoms with Crippen LogP contribution in [0.4, 0.5) is 14.6 Å². The van der Waals surface area contributed by atoms with Crippen LogP contribution in [-0.2, 0) is 0 Å². The van der Waals surface area contributed by atoms with Crippen LogP contribution in [0, 0.1) is 6.92 Å². The minimum absolute atomic E-state index is 0.113. The van der Waals surface area contributed by atoms with Crippen LogP contribution in [-0.4, -0.2) is 33.9 Å². The number of carbonyl (C=O) groups excluding carboxylic acids is 1. The largest absolute Gasteiger partial charge is 0.586 e. The van der Waals surface area contributed by atoms with E-state index in [-0.39, 0.29) is 28.1 Å². The van der Waals surface area contributed by atoms with E-state index in [0.717, 1.165) is 5.69 Å². The Morgan fingerprint density at radius 1 is 1.24 bits per heavy atom. The summed E-state index contributed by atoms with van der Waals surface area (Å²) in [4.78, 5) is 18.5. The Bertz CT molecular complexity index is 1090. The summed E-state index contributed by atoms with van der Waals surface area (Å²) >= 11 is 6.21. The summed E-state index contributed by atoms with van der Waals surface area (Å²) in [5.74, 6) is -0.117. The number of halogens is 3. The third-order valence-corrected chi connectivity index (χ3v) is 4.63. The van der Waals surface area contributed by atoms with Gasteiger partial charge in [0, 0.05) is 35.6 Å². The van der Waals surface area contributed by atoms with Gasteiger partial charge in [0.05, 0.1) is 5.02 Å². The lowest BCUT2D eigenvalue weighted by Crippen LogP contribution is -2.31. The van der Waals surface area contributed by atoms with Crippen molar-refractivity contribution in [2.45, 2.75) is 20.1 Å². The standard InChI is InChI=1S/C19H15ClF2N4O3/c1-3-26(18(27)14-6-10(2)24-25-14)17-5-4-11(9-23-17)12-7-15-16(8-13(12)20)29-19(21,22)28-15/h4-9H,3H2,1-2H3,(H,24,25). The normalized spacial score (nSPS) is 14.1. The van der Waals surface area contributed by atoms with Crippen molar-refractivity contribution < 1.29 is 23.0 Å². The summed E-state index contributed by atoms with van der Waals surface area (Å²) in [5, 5.41) is 6.92. The molecule has 0 radical (unpaired) electrons. The Morgan fingerprint density at radius 3 is 2.55 bits per heavy atom. The maximum atomic E-state index is 13.3. The van der Waals surface area contributed by atoms with Gasteiger partial charge in [-0.05, 0) is 38.1 Å². The van der Waals surface area contributed by atoms with Gasteiger partial charge in [0.25, 0.3) is 5.91 Å². The third kappa shape index (κ3) is 3.61. The lowest BCUT2D eigenvalue weighted by atomic mass is 10.1. The molecular weight excluding hydrogens is 406 g/mol. The average molecular weight is 421 g/mol. The zero-order valence-corrected chi connectivity index (χ0v) is 16.1. The Balaban J connectivity index is 1.62. The summed E-state index contributed by atoms with van der Waals surface area (Å²) < 4.78 is 35.4. The van der Waals surface area contributed by atoms with Gasteiger partial charge in [0.2, 0.25) is 0 Å². The van der Waals surface area contributed by atoms with Crippen LogP contribution in [0.2, 0.25) is 5.02 Å². The van der Waals surface area contributed by atoms with E-state index in [1.807, 2.05) is 6.92 Å². The second-order valence-corrected chi connectivity index (χ2v) is 6.74. The van der Waals surface area contributed by atoms with E-state index < -0.39 is 6.29 Å². The van der Waals surface area contributed by atoms with Crippen molar-refractivity contribution in [1.82, 2.24) is 15.2 Å². The van der Waals surface area contributed by atoms with Crippen LogP contribution in [0.5, 0.6) is 11.5 Å². The number of aromatic nitrogens is 3. The summed E-state index contributed by atoms with van der Waals surface area (Å²) in [6, 6.07) is 7.62. The molecule has 0 fully saturated rings. The number of carbonyl (C=O) groups is 1. The van der Waals surface area contributed by atoms with Crippen molar-refractivity contribution in [3.63, 3.8) is 0 Å². The van der Waals surface area contributed by atoms with Gasteiger partial charge in [-0.15, -0.1) is 8.78 Å². The molecule has 3 heterocycles. The molecule has 0 spiro atoms. The van der Waals surface area contributed by atoms with Crippen LogP contribution in [0.1, 0.15) is 23.1 Å². The molecule has 0 unspecified atom stereocenters. The van der Waals surface area contributed by atoms with E-state index >= 15 is 0 Å². The smallest absolute Gasteiger partial charge is 0.395 e. The highest BCUT2D eigenvalue weighted by Gasteiger charge is 2.43. The minimum Gasteiger partial charge on any atom is -0.395 e. The van der Waals surface area contributed by atoms with Gasteiger partial charge in [-0.1, -0.05) is 11.6 Å². The fourth-order valence-corrected chi connectivity index (χ4v) is 3.24. The zero-order chi connectivity index (χ0) is 20.8. The fourth-order valence-electron chi connectivity index (χ4n) is 2.97. The van der Waals surface area contributed by atoms with Gasteiger partial charge in [-0.3, -0.25) is 14.8 Å². The first-order chi connectivity index (χ1) is 13.8. The van der Waals surface area contributed by atoms with Crippen molar-refractivity contribution in [3.8, 4) is 22.6 Å². The number of benzene rings is 1. The molecule has 150 valence electrons. The molecule has 29 heavy (non-hydrogen) atoms. The summed E-state index contributed by atoms with van der Waals surface area (Å²) in [6.07, 6.45) is -2.22. The zero-order valence-electron chi connectivity index (χ0n) is 15.4. The Morgan fingerprint density at radius 2 is 1.97 bits per heavy atom. The van der Waals surface area contributed by atoms with Gasteiger partial charge in [0.1, 0.15) is 5.82 Å². The predicted octanol–water partition coefficient (Wildman–Crippen LogP) is 4.42. The summed E-state index contributed by atoms with van der Waals surface area (Å²) in [7, 11) is 0. The Labute approximate surface area is 169 Å². The summed E-state index contributed by atoms with van der Waals surface area (Å²) in [5.41, 5.74) is 2.08. The van der Waals surface area contributed by atoms with Crippen LogP contribution in [0.3, 0.4) is 0 Å². The molecule has 1 aromatic carbocycles. The predicted molar refractivity (Wildman–Crippen MR) is 102 cm³/mol. The highest BCUT2D eigenvalue weighted by Crippen LogP contribution is 2.46. The number of aromatic amines is 1. The van der Waals surface area contributed by atoms with Gasteiger partial charge < -0.3 is 9.47 Å². The number of H-pyrrole nitrogens is 1. The third-order valence-electron chi connectivity index (χ3n) is 4.31. The highest BCUT2D eigenvalue weighted by molar-refractivity contribution is 6.33. The van der Waals surface area contributed by atoms with Crippen LogP contribution >= 0.6 is 11.6 Å². The molecule has 0 saturated carbocycles. The number of pyridine rings is 1. The van der Waals surface area contributed by atoms with Crippen LogP contribution in [0.15, 0.2) is 36.5 Å². The fraction of sp³-hybridized carbons (Fsp3) is 0.211. The van der Waals surface area contributed by atoms with Gasteiger partial charge in [0.15, 0.2) is 17.2 Å². The van der Waals surface area contributed by atoms with Crippen molar-refractivity contribution in [1.29, 1.82) is 0 Å². The molecule has 10 heteroatoms. The molecule has 4 rings (SSSR count). The Hall–Kier alpha value is -3.20. The van der Waals surface area contributed by atoms with E-state index in [4.69, 9.17) is 11.6 Å². The van der Waals surface area contributed by atoms with Gasteiger partial charge >= 0.3 is 6.29 Å². The first-order valence-electron chi connectivity index (χ1n) is 8.67. The molecule has 7 nitrogen and oxygen atoms in total. The molecular formula is C19H15ClF2N4O3. The molecule has 0 atom stereocenters. The van der Waals surface area contributed by atoms with Crippen molar-refractivity contribution in [2.75, 3.05) is 11.4 Å². The number of ether oxygens (including phenoxy) is 2. The number of alkyl halides is 2.